The topological polar surface area (TPSA) is 38.0 Å². The molecule has 3 rings (SSSR count). The van der Waals surface area contributed by atoms with Gasteiger partial charge in [-0.25, -0.2) is 0 Å². The average Bonchev–Trinajstić information content (AvgIpc) is 2.96. The molecular weight excluding hydrogens is 324 g/mol. The van der Waals surface area contributed by atoms with Crippen molar-refractivity contribution in [3.63, 3.8) is 0 Å². The van der Waals surface area contributed by atoms with E-state index in [1.54, 1.807) is 0 Å². The first kappa shape index (κ1) is 14.8. The Hall–Kier alpha value is -1.16. The second-order valence-corrected chi connectivity index (χ2v) is 6.67. The highest BCUT2D eigenvalue weighted by atomic mass is 79.9. The van der Waals surface area contributed by atoms with E-state index in [4.69, 9.17) is 5.84 Å². The first-order valence-electron chi connectivity index (χ1n) is 7.56. The van der Waals surface area contributed by atoms with Gasteiger partial charge >= 0.3 is 0 Å². The Balaban J connectivity index is 1.71. The lowest BCUT2D eigenvalue weighted by Gasteiger charge is -2.17. The fourth-order valence-corrected chi connectivity index (χ4v) is 3.60. The van der Waals surface area contributed by atoms with Gasteiger partial charge in [-0.1, -0.05) is 52.3 Å². The van der Waals surface area contributed by atoms with Crippen LogP contribution in [0.25, 0.3) is 0 Å². The molecule has 3 N–H and O–H groups in total. The maximum absolute atomic E-state index is 5.77. The van der Waals surface area contributed by atoms with Crippen LogP contribution in [0.3, 0.4) is 0 Å². The van der Waals surface area contributed by atoms with Crippen LogP contribution >= 0.6 is 15.9 Å². The summed E-state index contributed by atoms with van der Waals surface area (Å²) in [6.07, 6.45) is 5.66. The van der Waals surface area contributed by atoms with E-state index in [0.717, 1.165) is 17.3 Å². The van der Waals surface area contributed by atoms with Gasteiger partial charge in [-0.05, 0) is 60.4 Å². The number of halogens is 1. The molecule has 0 heterocycles. The molecule has 1 atom stereocenters. The van der Waals surface area contributed by atoms with E-state index in [1.165, 1.54) is 41.5 Å². The molecule has 21 heavy (non-hydrogen) atoms. The van der Waals surface area contributed by atoms with Crippen molar-refractivity contribution in [1.29, 1.82) is 0 Å². The zero-order chi connectivity index (χ0) is 14.7. The fraction of sp³-hybridized carbons (Fsp3) is 0.333. The highest BCUT2D eigenvalue weighted by Crippen LogP contribution is 2.24. The van der Waals surface area contributed by atoms with Crippen LogP contribution < -0.4 is 11.3 Å². The minimum atomic E-state index is 0.253. The summed E-state index contributed by atoms with van der Waals surface area (Å²) >= 11 is 3.61. The third kappa shape index (κ3) is 3.54. The zero-order valence-electron chi connectivity index (χ0n) is 12.1. The van der Waals surface area contributed by atoms with E-state index in [0.29, 0.717) is 0 Å². The Kier molecular flexibility index (Phi) is 4.73. The molecule has 1 unspecified atom stereocenters. The number of benzene rings is 2. The number of hydrogen-bond donors (Lipinski definition) is 2. The third-order valence-corrected chi connectivity index (χ3v) is 5.08. The molecule has 0 radical (unpaired) electrons. The summed E-state index contributed by atoms with van der Waals surface area (Å²) in [6, 6.07) is 15.5. The van der Waals surface area contributed by atoms with Crippen molar-refractivity contribution in [2.24, 2.45) is 5.84 Å². The highest BCUT2D eigenvalue weighted by Gasteiger charge is 2.14. The molecule has 1 aliphatic carbocycles. The molecule has 2 aromatic carbocycles. The molecule has 0 fully saturated rings. The summed E-state index contributed by atoms with van der Waals surface area (Å²) in [7, 11) is 0. The van der Waals surface area contributed by atoms with E-state index >= 15 is 0 Å². The molecule has 1 aliphatic rings. The Morgan fingerprint density at radius 1 is 1.05 bits per heavy atom. The second kappa shape index (κ2) is 6.73. The molecule has 3 heteroatoms. The van der Waals surface area contributed by atoms with Gasteiger partial charge in [-0.3, -0.25) is 11.3 Å². The van der Waals surface area contributed by atoms with Crippen LogP contribution in [0.5, 0.6) is 0 Å². The van der Waals surface area contributed by atoms with Crippen molar-refractivity contribution in [3.8, 4) is 0 Å². The van der Waals surface area contributed by atoms with Crippen molar-refractivity contribution in [1.82, 2.24) is 5.43 Å². The lowest BCUT2D eigenvalue weighted by atomic mass is 9.97. The predicted octanol–water partition coefficient (Wildman–Crippen LogP) is 3.55. The van der Waals surface area contributed by atoms with Crippen molar-refractivity contribution in [2.75, 3.05) is 0 Å². The number of hydrazine groups is 1. The van der Waals surface area contributed by atoms with Gasteiger partial charge in [0.05, 0.1) is 0 Å². The van der Waals surface area contributed by atoms with E-state index in [1.807, 2.05) is 6.07 Å². The fourth-order valence-electron chi connectivity index (χ4n) is 3.16. The number of aryl methyl sites for hydroxylation is 2. The molecule has 0 bridgehead atoms. The Morgan fingerprint density at radius 3 is 2.67 bits per heavy atom. The number of nitrogens with one attached hydrogen (secondary N) is 1. The summed E-state index contributed by atoms with van der Waals surface area (Å²) in [5, 5.41) is 0. The number of fused-ring (bicyclic) bond motifs is 1. The van der Waals surface area contributed by atoms with E-state index in [2.05, 4.69) is 57.8 Å². The lowest BCUT2D eigenvalue weighted by Crippen LogP contribution is -2.38. The van der Waals surface area contributed by atoms with Gasteiger partial charge < -0.3 is 0 Å². The van der Waals surface area contributed by atoms with E-state index < -0.39 is 0 Å². The molecular formula is C18H21BrN2. The smallest absolute Gasteiger partial charge is 0.0291 e. The summed E-state index contributed by atoms with van der Waals surface area (Å²) in [4.78, 5) is 0. The van der Waals surface area contributed by atoms with Crippen molar-refractivity contribution in [2.45, 2.75) is 38.1 Å². The Morgan fingerprint density at radius 2 is 1.86 bits per heavy atom. The van der Waals surface area contributed by atoms with Gasteiger partial charge in [-0.15, -0.1) is 0 Å². The van der Waals surface area contributed by atoms with Crippen molar-refractivity contribution in [3.05, 3.63) is 69.2 Å². The zero-order valence-corrected chi connectivity index (χ0v) is 13.7. The van der Waals surface area contributed by atoms with Crippen LogP contribution in [-0.4, -0.2) is 6.04 Å². The first-order valence-corrected chi connectivity index (χ1v) is 8.36. The molecule has 0 saturated carbocycles. The van der Waals surface area contributed by atoms with Gasteiger partial charge in [0.25, 0.3) is 0 Å². The summed E-state index contributed by atoms with van der Waals surface area (Å²) < 4.78 is 1.15. The maximum Gasteiger partial charge on any atom is 0.0291 e. The van der Waals surface area contributed by atoms with Crippen LogP contribution in [-0.2, 0) is 25.7 Å². The van der Waals surface area contributed by atoms with Gasteiger partial charge in [0, 0.05) is 10.5 Å². The summed E-state index contributed by atoms with van der Waals surface area (Å²) in [6.45, 7) is 0. The van der Waals surface area contributed by atoms with Crippen molar-refractivity contribution < 1.29 is 0 Å². The van der Waals surface area contributed by atoms with Crippen LogP contribution in [0.15, 0.2) is 46.9 Å². The molecule has 0 spiro atoms. The predicted molar refractivity (Wildman–Crippen MR) is 91.1 cm³/mol. The Bertz CT molecular complexity index is 624. The first-order chi connectivity index (χ1) is 10.3. The van der Waals surface area contributed by atoms with E-state index in [9.17, 15) is 0 Å². The van der Waals surface area contributed by atoms with Gasteiger partial charge in [0.15, 0.2) is 0 Å². The normalized spacial score (nSPS) is 15.0. The molecule has 2 nitrogen and oxygen atoms in total. The average molecular weight is 345 g/mol. The molecule has 0 amide bonds. The number of rotatable bonds is 5. The SMILES string of the molecule is NNC(Cc1ccc2c(c1)CCC2)Cc1ccccc1Br. The molecule has 0 aliphatic heterocycles. The van der Waals surface area contributed by atoms with Crippen molar-refractivity contribution >= 4 is 15.9 Å². The lowest BCUT2D eigenvalue weighted by molar-refractivity contribution is 0.521. The third-order valence-electron chi connectivity index (χ3n) is 4.30. The van der Waals surface area contributed by atoms with Crippen LogP contribution in [0.1, 0.15) is 28.7 Å². The maximum atomic E-state index is 5.77. The monoisotopic (exact) mass is 344 g/mol. The Labute approximate surface area is 134 Å². The van der Waals surface area contributed by atoms with Gasteiger partial charge in [-0.2, -0.15) is 0 Å². The quantitative estimate of drug-likeness (QED) is 0.642. The number of nitrogens with two attached hydrogens (primary N) is 1. The summed E-state index contributed by atoms with van der Waals surface area (Å²) in [5.41, 5.74) is 8.71. The van der Waals surface area contributed by atoms with Crippen LogP contribution in [0.4, 0.5) is 0 Å². The van der Waals surface area contributed by atoms with E-state index in [-0.39, 0.29) is 6.04 Å². The second-order valence-electron chi connectivity index (χ2n) is 5.82. The van der Waals surface area contributed by atoms with Crippen LogP contribution in [0.2, 0.25) is 0 Å². The van der Waals surface area contributed by atoms with Crippen LogP contribution in [0, 0.1) is 0 Å². The molecule has 0 saturated heterocycles. The van der Waals surface area contributed by atoms with Gasteiger partial charge in [0.2, 0.25) is 0 Å². The van der Waals surface area contributed by atoms with Gasteiger partial charge in [0.1, 0.15) is 0 Å². The summed E-state index contributed by atoms with van der Waals surface area (Å²) in [5.74, 6) is 5.77. The molecule has 2 aromatic rings. The highest BCUT2D eigenvalue weighted by molar-refractivity contribution is 9.10. The standard InChI is InChI=1S/C18H21BrN2/c19-18-7-2-1-4-16(18)12-17(21-20)11-13-8-9-14-5-3-6-15(14)10-13/h1-2,4,7-10,17,21H,3,5-6,11-12,20H2. The number of hydrogen-bond acceptors (Lipinski definition) is 2. The minimum Gasteiger partial charge on any atom is -0.271 e. The molecule has 0 aromatic heterocycles. The largest absolute Gasteiger partial charge is 0.271 e. The molecule has 110 valence electrons. The minimum absolute atomic E-state index is 0.253.